The molecule has 2 amide bonds. The summed E-state index contributed by atoms with van der Waals surface area (Å²) in [5.74, 6) is 0.757. The fraction of sp³-hybridized carbons (Fsp3) is 0.300. The lowest BCUT2D eigenvalue weighted by Gasteiger charge is -2.14. The van der Waals surface area contributed by atoms with Crippen molar-refractivity contribution in [3.8, 4) is 17.2 Å². The number of nitro groups is 1. The molecule has 0 bridgehead atoms. The number of hydrogen-bond acceptors (Lipinski definition) is 7. The number of carbonyl (C=O) groups excluding carboxylic acids is 2. The highest BCUT2D eigenvalue weighted by atomic mass is 16.6. The number of benzene rings is 2. The molecule has 0 radical (unpaired) electrons. The molecule has 0 heterocycles. The largest absolute Gasteiger partial charge is 0.493 e. The van der Waals surface area contributed by atoms with Crippen LogP contribution in [-0.4, -0.2) is 44.6 Å². The predicted molar refractivity (Wildman–Crippen MR) is 108 cm³/mol. The van der Waals surface area contributed by atoms with Crippen molar-refractivity contribution >= 4 is 17.5 Å². The van der Waals surface area contributed by atoms with Gasteiger partial charge in [-0.15, -0.1) is 0 Å². The zero-order valence-electron chi connectivity index (χ0n) is 16.9. The molecule has 10 nitrogen and oxygen atoms in total. The summed E-state index contributed by atoms with van der Waals surface area (Å²) >= 11 is 0. The van der Waals surface area contributed by atoms with Gasteiger partial charge in [-0.05, 0) is 29.8 Å². The Labute approximate surface area is 173 Å². The van der Waals surface area contributed by atoms with Gasteiger partial charge < -0.3 is 24.8 Å². The minimum atomic E-state index is -0.542. The maximum atomic E-state index is 12.1. The van der Waals surface area contributed by atoms with Crippen LogP contribution in [0.4, 0.5) is 5.69 Å². The molecule has 0 unspecified atom stereocenters. The monoisotopic (exact) mass is 417 g/mol. The van der Waals surface area contributed by atoms with Crippen LogP contribution in [0, 0.1) is 10.1 Å². The third kappa shape index (κ3) is 5.84. The second-order valence-corrected chi connectivity index (χ2v) is 6.12. The van der Waals surface area contributed by atoms with Gasteiger partial charge in [0, 0.05) is 37.2 Å². The number of methoxy groups -OCH3 is 3. The zero-order valence-corrected chi connectivity index (χ0v) is 16.9. The van der Waals surface area contributed by atoms with E-state index in [0.717, 1.165) is 5.56 Å². The average Bonchev–Trinajstić information content (AvgIpc) is 2.76. The molecule has 0 saturated carbocycles. The van der Waals surface area contributed by atoms with Crippen molar-refractivity contribution in [1.82, 2.24) is 10.6 Å². The first kappa shape index (κ1) is 22.5. The normalized spacial score (nSPS) is 10.1. The van der Waals surface area contributed by atoms with Crippen molar-refractivity contribution in [1.29, 1.82) is 0 Å². The van der Waals surface area contributed by atoms with Crippen LogP contribution in [0.1, 0.15) is 22.3 Å². The van der Waals surface area contributed by atoms with Crippen molar-refractivity contribution in [2.45, 2.75) is 13.0 Å². The molecule has 0 spiro atoms. The summed E-state index contributed by atoms with van der Waals surface area (Å²) in [5, 5.41) is 16.0. The molecule has 0 aliphatic rings. The van der Waals surface area contributed by atoms with Crippen molar-refractivity contribution < 1.29 is 28.7 Å². The third-order valence-corrected chi connectivity index (χ3v) is 4.19. The van der Waals surface area contributed by atoms with Crippen molar-refractivity contribution in [2.24, 2.45) is 0 Å². The van der Waals surface area contributed by atoms with Gasteiger partial charge in [-0.1, -0.05) is 0 Å². The van der Waals surface area contributed by atoms with E-state index >= 15 is 0 Å². The smallest absolute Gasteiger partial charge is 0.269 e. The molecule has 2 aromatic rings. The molecule has 0 aromatic heterocycles. The minimum Gasteiger partial charge on any atom is -0.493 e. The fourth-order valence-electron chi connectivity index (χ4n) is 2.65. The standard InChI is InChI=1S/C20H23N3O7/c1-28-16-10-13(11-17(29-2)19(16)30-3)12-22-18(24)8-9-21-20(25)14-4-6-15(7-5-14)23(26)27/h4-7,10-11H,8-9,12H2,1-3H3,(H,21,25)(H,22,24). The quantitative estimate of drug-likeness (QED) is 0.447. The van der Waals surface area contributed by atoms with E-state index in [1.54, 1.807) is 12.1 Å². The number of carbonyl (C=O) groups is 2. The van der Waals surface area contributed by atoms with E-state index < -0.39 is 10.8 Å². The Hall–Kier alpha value is -3.82. The molecule has 2 aromatic carbocycles. The fourth-order valence-corrected chi connectivity index (χ4v) is 2.65. The summed E-state index contributed by atoms with van der Waals surface area (Å²) in [5.41, 5.74) is 0.934. The van der Waals surface area contributed by atoms with Gasteiger partial charge in [0.05, 0.1) is 26.3 Å². The van der Waals surface area contributed by atoms with Crippen LogP contribution in [0.3, 0.4) is 0 Å². The highest BCUT2D eigenvalue weighted by Crippen LogP contribution is 2.38. The van der Waals surface area contributed by atoms with Gasteiger partial charge in [0.2, 0.25) is 11.7 Å². The van der Waals surface area contributed by atoms with Gasteiger partial charge in [-0.25, -0.2) is 0 Å². The average molecular weight is 417 g/mol. The Morgan fingerprint density at radius 2 is 1.57 bits per heavy atom. The van der Waals surface area contributed by atoms with E-state index in [1.165, 1.54) is 45.6 Å². The molecule has 2 N–H and O–H groups in total. The van der Waals surface area contributed by atoms with E-state index in [0.29, 0.717) is 17.2 Å². The topological polar surface area (TPSA) is 129 Å². The molecule has 0 aliphatic carbocycles. The predicted octanol–water partition coefficient (Wildman–Crippen LogP) is 2.06. The molecule has 0 fully saturated rings. The number of non-ortho nitro benzene ring substituents is 1. The zero-order chi connectivity index (χ0) is 22.1. The van der Waals surface area contributed by atoms with Crippen LogP contribution in [0.15, 0.2) is 36.4 Å². The molecule has 160 valence electrons. The molecule has 0 atom stereocenters. The number of nitrogens with one attached hydrogen (secondary N) is 2. The van der Waals surface area contributed by atoms with Crippen LogP contribution in [-0.2, 0) is 11.3 Å². The number of nitro benzene ring substituents is 1. The van der Waals surface area contributed by atoms with E-state index in [9.17, 15) is 19.7 Å². The maximum absolute atomic E-state index is 12.1. The Balaban J connectivity index is 1.84. The first-order chi connectivity index (χ1) is 14.4. The van der Waals surface area contributed by atoms with Gasteiger partial charge in [-0.3, -0.25) is 19.7 Å². The van der Waals surface area contributed by atoms with Gasteiger partial charge >= 0.3 is 0 Å². The lowest BCUT2D eigenvalue weighted by Crippen LogP contribution is -2.30. The second kappa shape index (κ2) is 10.6. The molecular formula is C20H23N3O7. The second-order valence-electron chi connectivity index (χ2n) is 6.12. The van der Waals surface area contributed by atoms with Crippen molar-refractivity contribution in [2.75, 3.05) is 27.9 Å². The van der Waals surface area contributed by atoms with E-state index in [-0.39, 0.29) is 36.7 Å². The highest BCUT2D eigenvalue weighted by molar-refractivity contribution is 5.94. The lowest BCUT2D eigenvalue weighted by atomic mass is 10.1. The summed E-state index contributed by atoms with van der Waals surface area (Å²) in [7, 11) is 4.52. The molecule has 2 rings (SSSR count). The van der Waals surface area contributed by atoms with Gasteiger partial charge in [0.15, 0.2) is 11.5 Å². The van der Waals surface area contributed by atoms with Gasteiger partial charge in [-0.2, -0.15) is 0 Å². The summed E-state index contributed by atoms with van der Waals surface area (Å²) in [6.45, 7) is 0.364. The Morgan fingerprint density at radius 3 is 2.07 bits per heavy atom. The first-order valence-electron chi connectivity index (χ1n) is 8.97. The van der Waals surface area contributed by atoms with Crippen LogP contribution in [0.5, 0.6) is 17.2 Å². The molecular weight excluding hydrogens is 394 g/mol. The van der Waals surface area contributed by atoms with Crippen LogP contribution >= 0.6 is 0 Å². The summed E-state index contributed by atoms with van der Waals surface area (Å²) < 4.78 is 15.8. The highest BCUT2D eigenvalue weighted by Gasteiger charge is 2.14. The minimum absolute atomic E-state index is 0.0726. The first-order valence-corrected chi connectivity index (χ1v) is 8.97. The Bertz CT molecular complexity index is 888. The Kier molecular flexibility index (Phi) is 7.98. The van der Waals surface area contributed by atoms with E-state index in [1.807, 2.05) is 0 Å². The third-order valence-electron chi connectivity index (χ3n) is 4.19. The molecule has 0 aliphatic heterocycles. The van der Waals surface area contributed by atoms with Gasteiger partial charge in [0.1, 0.15) is 0 Å². The molecule has 30 heavy (non-hydrogen) atoms. The number of amides is 2. The number of ether oxygens (including phenoxy) is 3. The maximum Gasteiger partial charge on any atom is 0.269 e. The van der Waals surface area contributed by atoms with E-state index in [2.05, 4.69) is 10.6 Å². The number of hydrogen-bond donors (Lipinski definition) is 2. The van der Waals surface area contributed by atoms with Crippen LogP contribution in [0.2, 0.25) is 0 Å². The van der Waals surface area contributed by atoms with E-state index in [4.69, 9.17) is 14.2 Å². The summed E-state index contributed by atoms with van der Waals surface area (Å²) in [6.07, 6.45) is 0.0726. The summed E-state index contributed by atoms with van der Waals surface area (Å²) in [6, 6.07) is 8.68. The van der Waals surface area contributed by atoms with Crippen molar-refractivity contribution in [3.63, 3.8) is 0 Å². The lowest BCUT2D eigenvalue weighted by molar-refractivity contribution is -0.384. The Morgan fingerprint density at radius 1 is 0.967 bits per heavy atom. The molecule has 0 saturated heterocycles. The SMILES string of the molecule is COc1cc(CNC(=O)CCNC(=O)c2ccc([N+](=O)[O-])cc2)cc(OC)c1OC. The summed E-state index contributed by atoms with van der Waals surface area (Å²) in [4.78, 5) is 34.2. The van der Waals surface area contributed by atoms with Crippen LogP contribution < -0.4 is 24.8 Å². The van der Waals surface area contributed by atoms with Gasteiger partial charge in [0.25, 0.3) is 11.6 Å². The van der Waals surface area contributed by atoms with Crippen LogP contribution in [0.25, 0.3) is 0 Å². The molecule has 10 heteroatoms. The number of rotatable bonds is 10. The number of nitrogens with zero attached hydrogens (tertiary/aromatic N) is 1. The van der Waals surface area contributed by atoms with Crippen molar-refractivity contribution in [3.05, 3.63) is 57.6 Å².